The zero-order valence-corrected chi connectivity index (χ0v) is 19.9. The largest absolute Gasteiger partial charge is 0.481 e. The number of nitrogens with one attached hydrogen (secondary N) is 2. The first-order chi connectivity index (χ1) is 16.3. The lowest BCUT2D eigenvalue weighted by Gasteiger charge is -2.34. The van der Waals surface area contributed by atoms with E-state index in [1.165, 1.54) is 19.2 Å². The highest BCUT2D eigenvalue weighted by atomic mass is 35.5. The minimum absolute atomic E-state index is 0.0134. The molecule has 1 unspecified atom stereocenters. The zero-order chi connectivity index (χ0) is 24.7. The Hall–Kier alpha value is -2.88. The van der Waals surface area contributed by atoms with Gasteiger partial charge in [-0.1, -0.05) is 17.7 Å². The van der Waals surface area contributed by atoms with Gasteiger partial charge in [0.25, 0.3) is 0 Å². The van der Waals surface area contributed by atoms with E-state index in [1.807, 2.05) is 19.2 Å². The number of methoxy groups -OCH3 is 1. The number of carbonyl (C=O) groups excluding carboxylic acids is 1. The van der Waals surface area contributed by atoms with Crippen LogP contribution in [0.1, 0.15) is 30.7 Å². The Labute approximate surface area is 203 Å². The van der Waals surface area contributed by atoms with E-state index in [0.717, 1.165) is 24.6 Å². The number of benzene rings is 2. The molecule has 1 heterocycles. The zero-order valence-electron chi connectivity index (χ0n) is 19.1. The molecule has 0 aromatic heterocycles. The van der Waals surface area contributed by atoms with Crippen molar-refractivity contribution in [2.75, 3.05) is 49.5 Å². The second-order valence-corrected chi connectivity index (χ2v) is 8.62. The maximum atomic E-state index is 14.2. The Morgan fingerprint density at radius 3 is 2.56 bits per heavy atom. The van der Waals surface area contributed by atoms with Crippen LogP contribution in [0.4, 0.5) is 26.2 Å². The van der Waals surface area contributed by atoms with Gasteiger partial charge in [-0.25, -0.2) is 9.18 Å². The molecule has 0 bridgehead atoms. The summed E-state index contributed by atoms with van der Waals surface area (Å²) in [5.74, 6) is -2.00. The van der Waals surface area contributed by atoms with E-state index in [2.05, 4.69) is 15.5 Å². The van der Waals surface area contributed by atoms with E-state index in [9.17, 15) is 19.1 Å². The Morgan fingerprint density at radius 1 is 1.21 bits per heavy atom. The monoisotopic (exact) mass is 493 g/mol. The van der Waals surface area contributed by atoms with Gasteiger partial charge in [0.1, 0.15) is 5.82 Å². The topological polar surface area (TPSA) is 100 Å². The van der Waals surface area contributed by atoms with Crippen LogP contribution in [0.5, 0.6) is 0 Å². The first-order valence-corrected chi connectivity index (χ1v) is 11.3. The molecule has 8 nitrogen and oxygen atoms in total. The summed E-state index contributed by atoms with van der Waals surface area (Å²) in [6.45, 7) is 1.52. The number of amides is 2. The maximum Gasteiger partial charge on any atom is 0.323 e. The number of carboxylic acids is 1. The molecule has 0 spiro atoms. The van der Waals surface area contributed by atoms with E-state index in [0.29, 0.717) is 24.5 Å². The molecule has 10 heteroatoms. The van der Waals surface area contributed by atoms with Crippen molar-refractivity contribution in [3.8, 4) is 0 Å². The van der Waals surface area contributed by atoms with Crippen molar-refractivity contribution in [1.82, 2.24) is 0 Å². The molecule has 2 aromatic carbocycles. The molecule has 0 saturated carbocycles. The summed E-state index contributed by atoms with van der Waals surface area (Å²) in [5, 5.41) is 14.8. The molecule has 0 radical (unpaired) electrons. The smallest absolute Gasteiger partial charge is 0.323 e. The molecule has 1 saturated heterocycles. The second-order valence-electron chi connectivity index (χ2n) is 8.18. The summed E-state index contributed by atoms with van der Waals surface area (Å²) in [6.07, 6.45) is 1.56. The Morgan fingerprint density at radius 2 is 1.91 bits per heavy atom. The molecule has 3 N–H and O–H groups in total. The average Bonchev–Trinajstić information content (AvgIpc) is 2.80. The van der Waals surface area contributed by atoms with Crippen LogP contribution < -0.4 is 15.5 Å². The highest BCUT2D eigenvalue weighted by Gasteiger charge is 2.23. The van der Waals surface area contributed by atoms with Crippen LogP contribution in [0.15, 0.2) is 36.4 Å². The first-order valence-electron chi connectivity index (χ1n) is 11.0. The van der Waals surface area contributed by atoms with Crippen molar-refractivity contribution in [2.24, 2.45) is 0 Å². The summed E-state index contributed by atoms with van der Waals surface area (Å²) in [5.41, 5.74) is 1.93. The number of hydrogen-bond donors (Lipinski definition) is 3. The minimum atomic E-state index is -0.948. The van der Waals surface area contributed by atoms with Gasteiger partial charge in [-0.05, 0) is 48.7 Å². The number of aliphatic carboxylic acids is 1. The normalized spacial score (nSPS) is 14.9. The molecule has 2 aromatic rings. The van der Waals surface area contributed by atoms with E-state index in [4.69, 9.17) is 21.1 Å². The number of halogens is 2. The third-order valence-electron chi connectivity index (χ3n) is 5.83. The van der Waals surface area contributed by atoms with Gasteiger partial charge >= 0.3 is 12.0 Å². The van der Waals surface area contributed by atoms with Crippen LogP contribution in [0.25, 0.3) is 0 Å². The number of carboxylic acid groups (broad SMARTS) is 1. The lowest BCUT2D eigenvalue weighted by atomic mass is 9.95. The molecular weight excluding hydrogens is 465 g/mol. The molecule has 1 atom stereocenters. The number of hydrogen-bond acceptors (Lipinski definition) is 5. The molecule has 34 heavy (non-hydrogen) atoms. The van der Waals surface area contributed by atoms with Crippen LogP contribution in [-0.4, -0.2) is 57.1 Å². The predicted octanol–water partition coefficient (Wildman–Crippen LogP) is 4.94. The van der Waals surface area contributed by atoms with Gasteiger partial charge in [0.2, 0.25) is 0 Å². The summed E-state index contributed by atoms with van der Waals surface area (Å²) in [4.78, 5) is 26.2. The number of urea groups is 1. The number of carbonyl (C=O) groups is 2. The van der Waals surface area contributed by atoms with Gasteiger partial charge in [0.05, 0.1) is 30.1 Å². The highest BCUT2D eigenvalue weighted by molar-refractivity contribution is 6.30. The summed E-state index contributed by atoms with van der Waals surface area (Å²) in [6, 6.07) is 9.00. The van der Waals surface area contributed by atoms with Gasteiger partial charge in [-0.3, -0.25) is 4.79 Å². The molecule has 0 aliphatic carbocycles. The Kier molecular flexibility index (Phi) is 9.09. The summed E-state index contributed by atoms with van der Waals surface area (Å²) >= 11 is 5.79. The van der Waals surface area contributed by atoms with Crippen molar-refractivity contribution in [2.45, 2.75) is 31.2 Å². The van der Waals surface area contributed by atoms with Gasteiger partial charge < -0.3 is 30.1 Å². The summed E-state index contributed by atoms with van der Waals surface area (Å²) in [7, 11) is 3.45. The van der Waals surface area contributed by atoms with Crippen LogP contribution in [-0.2, 0) is 14.3 Å². The third kappa shape index (κ3) is 6.82. The fourth-order valence-corrected chi connectivity index (χ4v) is 4.19. The van der Waals surface area contributed by atoms with Crippen LogP contribution >= 0.6 is 11.6 Å². The molecule has 1 aliphatic rings. The van der Waals surface area contributed by atoms with E-state index < -0.39 is 23.7 Å². The van der Waals surface area contributed by atoms with Gasteiger partial charge in [-0.15, -0.1) is 0 Å². The van der Waals surface area contributed by atoms with Gasteiger partial charge in [0.15, 0.2) is 0 Å². The van der Waals surface area contributed by atoms with Gasteiger partial charge in [-0.2, -0.15) is 0 Å². The molecule has 1 fully saturated rings. The second kappa shape index (κ2) is 12.0. The predicted molar refractivity (Wildman–Crippen MR) is 130 cm³/mol. The van der Waals surface area contributed by atoms with E-state index in [-0.39, 0.29) is 29.8 Å². The van der Waals surface area contributed by atoms with Crippen molar-refractivity contribution in [3.63, 3.8) is 0 Å². The van der Waals surface area contributed by atoms with Crippen LogP contribution in [0, 0.1) is 5.82 Å². The first kappa shape index (κ1) is 25.7. The molecule has 3 rings (SSSR count). The quantitative estimate of drug-likeness (QED) is 0.457. The van der Waals surface area contributed by atoms with Crippen LogP contribution in [0.3, 0.4) is 0 Å². The lowest BCUT2D eigenvalue weighted by molar-refractivity contribution is -0.137. The van der Waals surface area contributed by atoms with Crippen molar-refractivity contribution >= 4 is 40.7 Å². The number of rotatable bonds is 9. The molecule has 2 amide bonds. The summed E-state index contributed by atoms with van der Waals surface area (Å²) < 4.78 is 24.8. The number of nitrogens with zero attached hydrogens (tertiary/aromatic N) is 1. The van der Waals surface area contributed by atoms with Crippen molar-refractivity contribution in [1.29, 1.82) is 0 Å². The van der Waals surface area contributed by atoms with Gasteiger partial charge in [0, 0.05) is 44.4 Å². The lowest BCUT2D eigenvalue weighted by Crippen LogP contribution is -2.37. The molecular formula is C24H29ClFN3O5. The van der Waals surface area contributed by atoms with Crippen molar-refractivity contribution in [3.05, 3.63) is 52.8 Å². The molecule has 1 aliphatic heterocycles. The van der Waals surface area contributed by atoms with E-state index >= 15 is 0 Å². The standard InChI is InChI=1S/C24H29ClFN3O5/c1-29(18-7-9-34-10-8-18)22-6-3-15(16(14-33-2)12-23(30)31)11-21(22)28-24(32)27-20-5-4-17(25)13-19(20)26/h3-6,11,13,16,18H,7-10,12,14H2,1-2H3,(H,30,31)(H2,27,28,32). The number of anilines is 3. The minimum Gasteiger partial charge on any atom is -0.481 e. The third-order valence-corrected chi connectivity index (χ3v) is 6.06. The number of ether oxygens (including phenoxy) is 2. The fourth-order valence-electron chi connectivity index (χ4n) is 4.04. The van der Waals surface area contributed by atoms with E-state index in [1.54, 1.807) is 6.07 Å². The Bertz CT molecular complexity index is 1020. The molecule has 184 valence electrons. The Balaban J connectivity index is 1.90. The maximum absolute atomic E-state index is 14.2. The highest BCUT2D eigenvalue weighted by Crippen LogP contribution is 2.33. The fraction of sp³-hybridized carbons (Fsp3) is 0.417. The van der Waals surface area contributed by atoms with Crippen molar-refractivity contribution < 1.29 is 28.6 Å². The van der Waals surface area contributed by atoms with Crippen LogP contribution in [0.2, 0.25) is 5.02 Å². The average molecular weight is 494 g/mol. The SMILES string of the molecule is COCC(CC(=O)O)c1ccc(N(C)C2CCOCC2)c(NC(=O)Nc2ccc(Cl)cc2F)c1.